The van der Waals surface area contributed by atoms with Gasteiger partial charge < -0.3 is 20.3 Å². The number of aliphatic imine (C=N–C) groups is 1. The van der Waals surface area contributed by atoms with Crippen LogP contribution in [0.1, 0.15) is 55.2 Å². The van der Waals surface area contributed by atoms with Gasteiger partial charge in [-0.25, -0.2) is 4.98 Å². The van der Waals surface area contributed by atoms with Crippen LogP contribution in [-0.2, 0) is 13.1 Å². The minimum absolute atomic E-state index is 0. The van der Waals surface area contributed by atoms with Gasteiger partial charge in [-0.3, -0.25) is 4.99 Å². The maximum atomic E-state index is 6.33. The minimum Gasteiger partial charge on any atom is -0.490 e. The summed E-state index contributed by atoms with van der Waals surface area (Å²) in [6.07, 6.45) is 9.64. The standard InChI is InChI=1S/C25H35N5O.HI/c1-19-9-10-21(23(15-19)31-22-7-3-4-8-22)18-29-25(26-2)28-17-20-11-12-27-24(16-20)30-13-5-6-14-30;/h9-12,15-16,22H,3-8,13-14,17-18H2,1-2H3,(H2,26,28,29);1H. The van der Waals surface area contributed by atoms with Crippen molar-refractivity contribution in [2.75, 3.05) is 25.0 Å². The number of ether oxygens (including phenoxy) is 1. The van der Waals surface area contributed by atoms with Gasteiger partial charge in [0.25, 0.3) is 0 Å². The molecule has 1 saturated carbocycles. The zero-order chi connectivity index (χ0) is 21.5. The molecule has 0 amide bonds. The topological polar surface area (TPSA) is 61.8 Å². The number of aryl methyl sites for hydroxylation is 1. The zero-order valence-corrected chi connectivity index (χ0v) is 21.6. The summed E-state index contributed by atoms with van der Waals surface area (Å²) in [6, 6.07) is 10.7. The summed E-state index contributed by atoms with van der Waals surface area (Å²) >= 11 is 0. The first-order chi connectivity index (χ1) is 15.2. The zero-order valence-electron chi connectivity index (χ0n) is 19.3. The molecule has 174 valence electrons. The van der Waals surface area contributed by atoms with E-state index < -0.39 is 0 Å². The van der Waals surface area contributed by atoms with Crippen LogP contribution in [-0.4, -0.2) is 37.2 Å². The monoisotopic (exact) mass is 549 g/mol. The SMILES string of the molecule is CN=C(NCc1ccnc(N2CCCC2)c1)NCc1ccc(C)cc1OC1CCCC1.I. The largest absolute Gasteiger partial charge is 0.490 e. The van der Waals surface area contributed by atoms with Crippen molar-refractivity contribution < 1.29 is 4.74 Å². The number of anilines is 1. The molecule has 2 aliphatic rings. The van der Waals surface area contributed by atoms with Gasteiger partial charge in [-0.05, 0) is 74.8 Å². The quantitative estimate of drug-likeness (QED) is 0.296. The van der Waals surface area contributed by atoms with Gasteiger partial charge in [0.15, 0.2) is 5.96 Å². The van der Waals surface area contributed by atoms with Gasteiger partial charge in [-0.1, -0.05) is 12.1 Å². The maximum Gasteiger partial charge on any atom is 0.191 e. The Morgan fingerprint density at radius 3 is 2.56 bits per heavy atom. The van der Waals surface area contributed by atoms with E-state index in [4.69, 9.17) is 4.74 Å². The highest BCUT2D eigenvalue weighted by Crippen LogP contribution is 2.27. The number of rotatable bonds is 7. The Morgan fingerprint density at radius 2 is 1.81 bits per heavy atom. The molecule has 0 unspecified atom stereocenters. The Hall–Kier alpha value is -2.03. The first-order valence-electron chi connectivity index (χ1n) is 11.6. The summed E-state index contributed by atoms with van der Waals surface area (Å²) in [7, 11) is 1.81. The molecule has 2 fully saturated rings. The van der Waals surface area contributed by atoms with Gasteiger partial charge in [0, 0.05) is 45.0 Å². The lowest BCUT2D eigenvalue weighted by molar-refractivity contribution is 0.207. The molecule has 32 heavy (non-hydrogen) atoms. The van der Waals surface area contributed by atoms with E-state index in [1.54, 1.807) is 0 Å². The summed E-state index contributed by atoms with van der Waals surface area (Å²) in [4.78, 5) is 11.3. The minimum atomic E-state index is 0. The van der Waals surface area contributed by atoms with Gasteiger partial charge in [-0.2, -0.15) is 0 Å². The van der Waals surface area contributed by atoms with Crippen molar-refractivity contribution in [1.29, 1.82) is 0 Å². The number of benzene rings is 1. The van der Waals surface area contributed by atoms with Crippen LogP contribution >= 0.6 is 24.0 Å². The van der Waals surface area contributed by atoms with Gasteiger partial charge in [-0.15, -0.1) is 24.0 Å². The van der Waals surface area contributed by atoms with Crippen LogP contribution in [0.4, 0.5) is 5.82 Å². The molecule has 1 aromatic heterocycles. The highest BCUT2D eigenvalue weighted by Gasteiger charge is 2.18. The number of guanidine groups is 1. The average molecular weight is 550 g/mol. The highest BCUT2D eigenvalue weighted by molar-refractivity contribution is 14.0. The number of hydrogen-bond donors (Lipinski definition) is 2. The average Bonchev–Trinajstić information content (AvgIpc) is 3.50. The van der Waals surface area contributed by atoms with Crippen molar-refractivity contribution in [1.82, 2.24) is 15.6 Å². The molecule has 1 aliphatic heterocycles. The molecule has 4 rings (SSSR count). The van der Waals surface area contributed by atoms with Gasteiger partial charge in [0.1, 0.15) is 11.6 Å². The Morgan fingerprint density at radius 1 is 1.06 bits per heavy atom. The van der Waals surface area contributed by atoms with E-state index in [1.807, 2.05) is 13.2 Å². The summed E-state index contributed by atoms with van der Waals surface area (Å²) < 4.78 is 6.33. The third-order valence-corrected chi connectivity index (χ3v) is 6.19. The first kappa shape index (κ1) is 24.6. The van der Waals surface area contributed by atoms with Gasteiger partial charge >= 0.3 is 0 Å². The van der Waals surface area contributed by atoms with Crippen molar-refractivity contribution in [3.63, 3.8) is 0 Å². The van der Waals surface area contributed by atoms with E-state index in [1.165, 1.54) is 42.4 Å². The number of hydrogen-bond acceptors (Lipinski definition) is 4. The molecule has 1 aliphatic carbocycles. The van der Waals surface area contributed by atoms with Crippen LogP contribution in [0.3, 0.4) is 0 Å². The molecule has 2 N–H and O–H groups in total. The smallest absolute Gasteiger partial charge is 0.191 e. The molecule has 0 spiro atoms. The van der Waals surface area contributed by atoms with Crippen molar-refractivity contribution in [3.8, 4) is 5.75 Å². The summed E-state index contributed by atoms with van der Waals surface area (Å²) in [5.41, 5.74) is 3.60. The molecular weight excluding hydrogens is 513 g/mol. The van der Waals surface area contributed by atoms with E-state index in [-0.39, 0.29) is 24.0 Å². The molecule has 1 saturated heterocycles. The van der Waals surface area contributed by atoms with Crippen molar-refractivity contribution in [3.05, 3.63) is 53.2 Å². The van der Waals surface area contributed by atoms with Crippen LogP contribution in [0.2, 0.25) is 0 Å². The second-order valence-corrected chi connectivity index (χ2v) is 8.63. The molecule has 6 nitrogen and oxygen atoms in total. The van der Waals surface area contributed by atoms with Crippen LogP contribution < -0.4 is 20.3 Å². The Bertz CT molecular complexity index is 892. The molecule has 0 bridgehead atoms. The Kier molecular flexibility index (Phi) is 9.44. The summed E-state index contributed by atoms with van der Waals surface area (Å²) in [5, 5.41) is 6.87. The third kappa shape index (κ3) is 6.73. The van der Waals surface area contributed by atoms with Crippen LogP contribution in [0.15, 0.2) is 41.5 Å². The molecule has 0 radical (unpaired) electrons. The van der Waals surface area contributed by atoms with Crippen LogP contribution in [0, 0.1) is 6.92 Å². The third-order valence-electron chi connectivity index (χ3n) is 6.19. The second kappa shape index (κ2) is 12.3. The lowest BCUT2D eigenvalue weighted by Crippen LogP contribution is -2.36. The molecule has 0 atom stereocenters. The Labute approximate surface area is 209 Å². The second-order valence-electron chi connectivity index (χ2n) is 8.63. The van der Waals surface area contributed by atoms with E-state index in [0.29, 0.717) is 19.2 Å². The van der Waals surface area contributed by atoms with Crippen LogP contribution in [0.5, 0.6) is 5.75 Å². The summed E-state index contributed by atoms with van der Waals surface area (Å²) in [6.45, 7) is 5.72. The predicted molar refractivity (Wildman–Crippen MR) is 142 cm³/mol. The van der Waals surface area contributed by atoms with Crippen molar-refractivity contribution in [2.45, 2.75) is 64.6 Å². The Balaban J connectivity index is 0.00000289. The number of aromatic nitrogens is 1. The molecule has 7 heteroatoms. The number of pyridine rings is 1. The lowest BCUT2D eigenvalue weighted by Gasteiger charge is -2.19. The fraction of sp³-hybridized carbons (Fsp3) is 0.520. The summed E-state index contributed by atoms with van der Waals surface area (Å²) in [5.74, 6) is 2.86. The lowest BCUT2D eigenvalue weighted by atomic mass is 10.1. The van der Waals surface area contributed by atoms with Gasteiger partial charge in [0.05, 0.1) is 6.10 Å². The fourth-order valence-corrected chi connectivity index (χ4v) is 4.38. The van der Waals surface area contributed by atoms with E-state index in [9.17, 15) is 0 Å². The number of halogens is 1. The van der Waals surface area contributed by atoms with Crippen molar-refractivity contribution >= 4 is 35.8 Å². The first-order valence-corrected chi connectivity index (χ1v) is 11.6. The maximum absolute atomic E-state index is 6.33. The number of nitrogens with zero attached hydrogens (tertiary/aromatic N) is 3. The van der Waals surface area contributed by atoms with Gasteiger partial charge in [0.2, 0.25) is 0 Å². The predicted octanol–water partition coefficient (Wildman–Crippen LogP) is 4.79. The van der Waals surface area contributed by atoms with Crippen molar-refractivity contribution in [2.24, 2.45) is 4.99 Å². The van der Waals surface area contributed by atoms with Crippen LogP contribution in [0.25, 0.3) is 0 Å². The molecule has 1 aromatic carbocycles. The molecule has 2 heterocycles. The molecule has 2 aromatic rings. The van der Waals surface area contributed by atoms with E-state index in [2.05, 4.69) is 62.8 Å². The number of nitrogens with one attached hydrogen (secondary N) is 2. The van der Waals surface area contributed by atoms with E-state index in [0.717, 1.165) is 43.5 Å². The van der Waals surface area contributed by atoms with E-state index >= 15 is 0 Å². The normalized spacial score (nSPS) is 16.7. The fourth-order valence-electron chi connectivity index (χ4n) is 4.38. The highest BCUT2D eigenvalue weighted by atomic mass is 127. The molecular formula is C25H36IN5O.